The molecule has 1 aromatic heterocycles. The number of carbonyl (C=O) groups is 4. The number of H-pyrrole nitrogens is 1. The molecule has 0 spiro atoms. The number of carboxylic acids is 1. The van der Waals surface area contributed by atoms with Crippen LogP contribution in [-0.4, -0.2) is 45.6 Å². The normalized spacial score (nSPS) is 11.9. The summed E-state index contributed by atoms with van der Waals surface area (Å²) in [7, 11) is 0. The first kappa shape index (κ1) is 27.9. The lowest BCUT2D eigenvalue weighted by Gasteiger charge is -2.23. The standard InChI is InChI=1S/C30H30N4O6/c1-30(2,3)40-29(39)34-25(16-18-17-31-22-13-7-4-10-19(18)22)27(36)33-23-14-8-5-11-20(23)26(35)32-24-15-9-6-12-21(24)28(37)38/h4-15,17,25,31H,16H2,1-3H3,(H,32,35)(H,33,36)(H,34,39)(H,37,38)/t25-/m0/s1. The Morgan fingerprint density at radius 2 is 1.45 bits per heavy atom. The van der Waals surface area contributed by atoms with Crippen molar-refractivity contribution in [1.82, 2.24) is 10.3 Å². The topological polar surface area (TPSA) is 150 Å². The maximum atomic E-state index is 13.6. The van der Waals surface area contributed by atoms with Gasteiger partial charge in [-0.05, 0) is 56.7 Å². The molecule has 10 nitrogen and oxygen atoms in total. The van der Waals surface area contributed by atoms with Gasteiger partial charge >= 0.3 is 12.1 Å². The number of fused-ring (bicyclic) bond motifs is 1. The Balaban J connectivity index is 1.59. The Kier molecular flexibility index (Phi) is 8.18. The Morgan fingerprint density at radius 1 is 0.850 bits per heavy atom. The summed E-state index contributed by atoms with van der Waals surface area (Å²) in [5.74, 6) is -2.37. The van der Waals surface area contributed by atoms with Gasteiger partial charge in [0, 0.05) is 23.5 Å². The van der Waals surface area contributed by atoms with Gasteiger partial charge in [0.2, 0.25) is 5.91 Å². The van der Waals surface area contributed by atoms with Crippen LogP contribution in [0, 0.1) is 0 Å². The Hall–Kier alpha value is -5.12. The molecule has 0 radical (unpaired) electrons. The van der Waals surface area contributed by atoms with Gasteiger partial charge in [-0.15, -0.1) is 0 Å². The third-order valence-electron chi connectivity index (χ3n) is 5.94. The molecule has 0 aliphatic heterocycles. The number of aromatic carboxylic acids is 1. The predicted octanol–water partition coefficient (Wildman–Crippen LogP) is 5.19. The van der Waals surface area contributed by atoms with Gasteiger partial charge in [-0.2, -0.15) is 0 Å². The summed E-state index contributed by atoms with van der Waals surface area (Å²) < 4.78 is 5.38. The fraction of sp³-hybridized carbons (Fsp3) is 0.200. The fourth-order valence-corrected chi connectivity index (χ4v) is 4.16. The minimum Gasteiger partial charge on any atom is -0.478 e. The summed E-state index contributed by atoms with van der Waals surface area (Å²) in [4.78, 5) is 54.1. The molecule has 3 aromatic carbocycles. The zero-order chi connectivity index (χ0) is 28.9. The fourth-order valence-electron chi connectivity index (χ4n) is 4.16. The van der Waals surface area contributed by atoms with Crippen molar-refractivity contribution in [1.29, 1.82) is 0 Å². The smallest absolute Gasteiger partial charge is 0.408 e. The van der Waals surface area contributed by atoms with E-state index < -0.39 is 35.5 Å². The number of anilines is 2. The number of para-hydroxylation sites is 3. The first-order valence-corrected chi connectivity index (χ1v) is 12.6. The zero-order valence-corrected chi connectivity index (χ0v) is 22.3. The zero-order valence-electron chi connectivity index (χ0n) is 22.3. The number of carboxylic acid groups (broad SMARTS) is 1. The Morgan fingerprint density at radius 3 is 2.12 bits per heavy atom. The van der Waals surface area contributed by atoms with Crippen molar-refractivity contribution < 1.29 is 29.0 Å². The summed E-state index contributed by atoms with van der Waals surface area (Å²) in [6.07, 6.45) is 1.17. The number of hydrogen-bond acceptors (Lipinski definition) is 5. The van der Waals surface area contributed by atoms with E-state index in [4.69, 9.17) is 4.74 Å². The number of aromatic nitrogens is 1. The van der Waals surface area contributed by atoms with Crippen molar-refractivity contribution in [3.8, 4) is 0 Å². The largest absolute Gasteiger partial charge is 0.478 e. The van der Waals surface area contributed by atoms with E-state index in [1.54, 1.807) is 57.3 Å². The molecule has 0 aliphatic carbocycles. The summed E-state index contributed by atoms with van der Waals surface area (Å²) in [5, 5.41) is 18.3. The van der Waals surface area contributed by atoms with Crippen molar-refractivity contribution in [2.24, 2.45) is 0 Å². The van der Waals surface area contributed by atoms with Gasteiger partial charge in [0.05, 0.1) is 22.5 Å². The Labute approximate surface area is 230 Å². The van der Waals surface area contributed by atoms with E-state index in [1.807, 2.05) is 24.3 Å². The number of nitrogens with one attached hydrogen (secondary N) is 4. The molecular weight excluding hydrogens is 512 g/mol. The first-order chi connectivity index (χ1) is 19.0. The number of benzene rings is 3. The van der Waals surface area contributed by atoms with Gasteiger partial charge in [-0.3, -0.25) is 9.59 Å². The lowest BCUT2D eigenvalue weighted by atomic mass is 10.0. The number of aromatic amines is 1. The number of hydrogen-bond donors (Lipinski definition) is 5. The molecular formula is C30H30N4O6. The monoisotopic (exact) mass is 542 g/mol. The molecule has 1 atom stereocenters. The van der Waals surface area contributed by atoms with Crippen LogP contribution in [0.4, 0.5) is 16.2 Å². The highest BCUT2D eigenvalue weighted by molar-refractivity contribution is 6.12. The second-order valence-corrected chi connectivity index (χ2v) is 10.1. The first-order valence-electron chi connectivity index (χ1n) is 12.6. The van der Waals surface area contributed by atoms with Crippen molar-refractivity contribution in [2.75, 3.05) is 10.6 Å². The van der Waals surface area contributed by atoms with Gasteiger partial charge in [0.25, 0.3) is 5.91 Å². The van der Waals surface area contributed by atoms with Crippen LogP contribution in [0.2, 0.25) is 0 Å². The van der Waals surface area contributed by atoms with Crippen LogP contribution < -0.4 is 16.0 Å². The highest BCUT2D eigenvalue weighted by Crippen LogP contribution is 2.22. The molecule has 10 heteroatoms. The van der Waals surface area contributed by atoms with Crippen molar-refractivity contribution >= 4 is 46.2 Å². The van der Waals surface area contributed by atoms with E-state index in [1.165, 1.54) is 18.2 Å². The molecule has 0 saturated heterocycles. The van der Waals surface area contributed by atoms with Crippen LogP contribution in [-0.2, 0) is 16.0 Å². The van der Waals surface area contributed by atoms with E-state index in [2.05, 4.69) is 20.9 Å². The summed E-state index contributed by atoms with van der Waals surface area (Å²) >= 11 is 0. The SMILES string of the molecule is CC(C)(C)OC(=O)N[C@@H](Cc1c[nH]c2ccccc12)C(=O)Nc1ccccc1C(=O)Nc1ccccc1C(=O)O. The van der Waals surface area contributed by atoms with Crippen LogP contribution in [0.1, 0.15) is 47.1 Å². The molecule has 3 amide bonds. The summed E-state index contributed by atoms with van der Waals surface area (Å²) in [6.45, 7) is 5.16. The number of amides is 3. The maximum Gasteiger partial charge on any atom is 0.408 e. The molecule has 40 heavy (non-hydrogen) atoms. The molecule has 4 aromatic rings. The van der Waals surface area contributed by atoms with Crippen LogP contribution in [0.5, 0.6) is 0 Å². The molecule has 0 saturated carbocycles. The van der Waals surface area contributed by atoms with Crippen LogP contribution in [0.25, 0.3) is 10.9 Å². The predicted molar refractivity (Wildman–Crippen MR) is 152 cm³/mol. The second-order valence-electron chi connectivity index (χ2n) is 10.1. The molecule has 1 heterocycles. The van der Waals surface area contributed by atoms with Gasteiger partial charge in [0.1, 0.15) is 11.6 Å². The molecule has 0 unspecified atom stereocenters. The average molecular weight is 543 g/mol. The highest BCUT2D eigenvalue weighted by Gasteiger charge is 2.27. The Bertz CT molecular complexity index is 1570. The number of rotatable bonds is 8. The minimum atomic E-state index is -1.19. The molecule has 0 bridgehead atoms. The highest BCUT2D eigenvalue weighted by atomic mass is 16.6. The second kappa shape index (κ2) is 11.7. The summed E-state index contributed by atoms with van der Waals surface area (Å²) in [5.41, 5.74) is 1.26. The lowest BCUT2D eigenvalue weighted by molar-refractivity contribution is -0.118. The molecule has 0 aliphatic rings. The van der Waals surface area contributed by atoms with E-state index in [9.17, 15) is 24.3 Å². The summed E-state index contributed by atoms with van der Waals surface area (Å²) in [6, 6.07) is 18.9. The maximum absolute atomic E-state index is 13.6. The van der Waals surface area contributed by atoms with E-state index in [0.29, 0.717) is 0 Å². The molecule has 5 N–H and O–H groups in total. The third-order valence-corrected chi connectivity index (χ3v) is 5.94. The number of ether oxygens (including phenoxy) is 1. The van der Waals surface area contributed by atoms with Gasteiger partial charge in [0.15, 0.2) is 0 Å². The van der Waals surface area contributed by atoms with Crippen LogP contribution in [0.15, 0.2) is 79.0 Å². The van der Waals surface area contributed by atoms with E-state index in [-0.39, 0.29) is 28.9 Å². The van der Waals surface area contributed by atoms with Gasteiger partial charge in [-0.25, -0.2) is 9.59 Å². The number of alkyl carbamates (subject to hydrolysis) is 1. The minimum absolute atomic E-state index is 0.0716. The van der Waals surface area contributed by atoms with E-state index >= 15 is 0 Å². The lowest BCUT2D eigenvalue weighted by Crippen LogP contribution is -2.47. The van der Waals surface area contributed by atoms with Crippen molar-refractivity contribution in [3.05, 3.63) is 95.7 Å². The third kappa shape index (κ3) is 6.84. The quantitative estimate of drug-likeness (QED) is 0.207. The molecule has 206 valence electrons. The van der Waals surface area contributed by atoms with Gasteiger partial charge < -0.3 is 30.8 Å². The average Bonchev–Trinajstić information content (AvgIpc) is 3.30. The van der Waals surface area contributed by atoms with Crippen LogP contribution in [0.3, 0.4) is 0 Å². The number of carbonyl (C=O) groups excluding carboxylic acids is 3. The molecule has 0 fully saturated rings. The van der Waals surface area contributed by atoms with Crippen molar-refractivity contribution in [2.45, 2.75) is 38.8 Å². The molecule has 4 rings (SSSR count). The van der Waals surface area contributed by atoms with E-state index in [0.717, 1.165) is 16.5 Å². The van der Waals surface area contributed by atoms with Gasteiger partial charge in [-0.1, -0.05) is 42.5 Å². The van der Waals surface area contributed by atoms with Crippen LogP contribution >= 0.6 is 0 Å². The van der Waals surface area contributed by atoms with Crippen molar-refractivity contribution in [3.63, 3.8) is 0 Å².